The first kappa shape index (κ1) is 17.4. The molecule has 0 radical (unpaired) electrons. The Labute approximate surface area is 157 Å². The van der Waals surface area contributed by atoms with Gasteiger partial charge in [-0.2, -0.15) is 10.2 Å². The molecule has 4 rings (SSSR count). The molecule has 0 saturated carbocycles. The van der Waals surface area contributed by atoms with Crippen LogP contribution in [0, 0.1) is 0 Å². The molecule has 0 saturated heterocycles. The Hall–Kier alpha value is -3.00. The maximum atomic E-state index is 12.7. The zero-order valence-electron chi connectivity index (χ0n) is 14.9. The van der Waals surface area contributed by atoms with Crippen molar-refractivity contribution in [2.45, 2.75) is 13.0 Å². The van der Waals surface area contributed by atoms with E-state index in [-0.39, 0.29) is 11.9 Å². The number of carbonyl (C=O) groups excluding carboxylic acids is 1. The van der Waals surface area contributed by atoms with Crippen LogP contribution in [0.5, 0.6) is 0 Å². The number of nitrogens with one attached hydrogen (secondary N) is 1. The number of nitrogens with zero attached hydrogens (tertiary/aromatic N) is 3. The molecule has 1 amide bonds. The van der Waals surface area contributed by atoms with Gasteiger partial charge in [0.2, 0.25) is 10.0 Å². The van der Waals surface area contributed by atoms with Crippen LogP contribution in [0.1, 0.15) is 18.5 Å². The third-order valence-electron chi connectivity index (χ3n) is 4.63. The zero-order valence-corrected chi connectivity index (χ0v) is 15.7. The highest BCUT2D eigenvalue weighted by atomic mass is 32.2. The normalized spacial score (nSPS) is 18.1. The summed E-state index contributed by atoms with van der Waals surface area (Å²) >= 11 is 0. The Morgan fingerprint density at radius 2 is 1.96 bits per heavy atom. The SMILES string of the molecule is CCN1C(=O)C2=CN=NC2c2ccc(-c3ccccc3NS(C)(=O)=O)cc21. The molecule has 8 heteroatoms. The van der Waals surface area contributed by atoms with Gasteiger partial charge in [-0.1, -0.05) is 30.3 Å². The lowest BCUT2D eigenvalue weighted by atomic mass is 9.90. The summed E-state index contributed by atoms with van der Waals surface area (Å²) in [7, 11) is -3.41. The fourth-order valence-electron chi connectivity index (χ4n) is 3.48. The molecular formula is C19H18N4O3S. The predicted molar refractivity (Wildman–Crippen MR) is 104 cm³/mol. The predicted octanol–water partition coefficient (Wildman–Crippen LogP) is 3.48. The molecule has 1 N–H and O–H groups in total. The minimum atomic E-state index is -3.41. The molecule has 1 unspecified atom stereocenters. The Kier molecular flexibility index (Phi) is 4.07. The van der Waals surface area contributed by atoms with Gasteiger partial charge in [0, 0.05) is 17.7 Å². The third kappa shape index (κ3) is 3.02. The lowest BCUT2D eigenvalue weighted by Gasteiger charge is -2.32. The summed E-state index contributed by atoms with van der Waals surface area (Å²) in [5.41, 5.74) is 4.32. The molecule has 2 aliphatic rings. The fourth-order valence-corrected chi connectivity index (χ4v) is 4.05. The van der Waals surface area contributed by atoms with Crippen molar-refractivity contribution in [2.75, 3.05) is 22.4 Å². The number of carbonyl (C=O) groups is 1. The van der Waals surface area contributed by atoms with Gasteiger partial charge >= 0.3 is 0 Å². The highest BCUT2D eigenvalue weighted by Crippen LogP contribution is 2.44. The van der Waals surface area contributed by atoms with Crippen LogP contribution in [-0.4, -0.2) is 27.1 Å². The van der Waals surface area contributed by atoms with Gasteiger partial charge in [-0.15, -0.1) is 0 Å². The third-order valence-corrected chi connectivity index (χ3v) is 5.22. The summed E-state index contributed by atoms with van der Waals surface area (Å²) in [6, 6.07) is 12.6. The number of hydrogen-bond donors (Lipinski definition) is 1. The topological polar surface area (TPSA) is 91.2 Å². The first-order valence-electron chi connectivity index (χ1n) is 8.52. The van der Waals surface area contributed by atoms with Gasteiger partial charge in [0.05, 0.1) is 29.4 Å². The van der Waals surface area contributed by atoms with Crippen LogP contribution >= 0.6 is 0 Å². The molecule has 138 valence electrons. The highest BCUT2D eigenvalue weighted by Gasteiger charge is 2.37. The van der Waals surface area contributed by atoms with Crippen LogP contribution < -0.4 is 9.62 Å². The molecule has 2 heterocycles. The molecule has 0 aliphatic carbocycles. The molecule has 0 fully saturated rings. The van der Waals surface area contributed by atoms with Crippen molar-refractivity contribution in [2.24, 2.45) is 10.2 Å². The fraction of sp³-hybridized carbons (Fsp3) is 0.211. The molecule has 27 heavy (non-hydrogen) atoms. The molecule has 0 spiro atoms. The number of anilines is 2. The maximum absolute atomic E-state index is 12.7. The monoisotopic (exact) mass is 382 g/mol. The second-order valence-corrected chi connectivity index (χ2v) is 8.21. The minimum absolute atomic E-state index is 0.0975. The Bertz CT molecular complexity index is 1110. The van der Waals surface area contributed by atoms with Crippen LogP contribution in [0.25, 0.3) is 11.1 Å². The summed E-state index contributed by atoms with van der Waals surface area (Å²) in [5.74, 6) is -0.0975. The van der Waals surface area contributed by atoms with Crippen molar-refractivity contribution < 1.29 is 13.2 Å². The molecule has 2 aliphatic heterocycles. The first-order valence-corrected chi connectivity index (χ1v) is 10.4. The van der Waals surface area contributed by atoms with Crippen molar-refractivity contribution >= 4 is 27.3 Å². The number of rotatable bonds is 4. The van der Waals surface area contributed by atoms with Gasteiger partial charge in [0.1, 0.15) is 6.04 Å². The van der Waals surface area contributed by atoms with Crippen molar-refractivity contribution in [1.82, 2.24) is 0 Å². The Morgan fingerprint density at radius 3 is 2.70 bits per heavy atom. The van der Waals surface area contributed by atoms with Crippen molar-refractivity contribution in [3.63, 3.8) is 0 Å². The largest absolute Gasteiger partial charge is 0.308 e. The average Bonchev–Trinajstić information content (AvgIpc) is 3.11. The molecule has 0 aromatic heterocycles. The van der Waals surface area contributed by atoms with Gasteiger partial charge in [-0.05, 0) is 24.6 Å². The summed E-state index contributed by atoms with van der Waals surface area (Å²) in [5, 5.41) is 8.10. The second-order valence-electron chi connectivity index (χ2n) is 6.46. The molecule has 7 nitrogen and oxygen atoms in total. The average molecular weight is 382 g/mol. The van der Waals surface area contributed by atoms with Crippen molar-refractivity contribution in [1.29, 1.82) is 0 Å². The number of hydrogen-bond acceptors (Lipinski definition) is 5. The molecule has 1 atom stereocenters. The lowest BCUT2D eigenvalue weighted by Crippen LogP contribution is -2.37. The van der Waals surface area contributed by atoms with Crippen LogP contribution in [0.15, 0.2) is 64.5 Å². The van der Waals surface area contributed by atoms with Gasteiger partial charge in [-0.3, -0.25) is 9.52 Å². The van der Waals surface area contributed by atoms with Crippen LogP contribution in [0.4, 0.5) is 11.4 Å². The smallest absolute Gasteiger partial charge is 0.258 e. The summed E-state index contributed by atoms with van der Waals surface area (Å²) in [6.07, 6.45) is 2.64. The zero-order chi connectivity index (χ0) is 19.2. The number of benzene rings is 2. The molecule has 2 aromatic carbocycles. The van der Waals surface area contributed by atoms with E-state index in [1.807, 2.05) is 37.3 Å². The van der Waals surface area contributed by atoms with E-state index in [1.165, 1.54) is 6.20 Å². The van der Waals surface area contributed by atoms with Crippen LogP contribution in [-0.2, 0) is 14.8 Å². The van der Waals surface area contributed by atoms with Gasteiger partial charge in [-0.25, -0.2) is 8.42 Å². The maximum Gasteiger partial charge on any atom is 0.258 e. The quantitative estimate of drug-likeness (QED) is 0.877. The molecular weight excluding hydrogens is 364 g/mol. The van der Waals surface area contributed by atoms with Gasteiger partial charge in [0.15, 0.2) is 0 Å². The number of para-hydroxylation sites is 1. The van der Waals surface area contributed by atoms with Crippen LogP contribution in [0.2, 0.25) is 0 Å². The summed E-state index contributed by atoms with van der Waals surface area (Å²) in [4.78, 5) is 14.4. The van der Waals surface area contributed by atoms with E-state index in [2.05, 4.69) is 15.0 Å². The summed E-state index contributed by atoms with van der Waals surface area (Å²) < 4.78 is 25.9. The van der Waals surface area contributed by atoms with E-state index < -0.39 is 10.0 Å². The van der Waals surface area contributed by atoms with Crippen LogP contribution in [0.3, 0.4) is 0 Å². The van der Waals surface area contributed by atoms with Gasteiger partial charge in [0.25, 0.3) is 5.91 Å². The van der Waals surface area contributed by atoms with Crippen molar-refractivity contribution in [3.8, 4) is 11.1 Å². The Balaban J connectivity index is 1.85. The number of fused-ring (bicyclic) bond motifs is 3. The number of likely N-dealkylation sites (N-methyl/N-ethyl adjacent to an activating group) is 1. The number of sulfonamides is 1. The van der Waals surface area contributed by atoms with E-state index in [0.717, 1.165) is 28.6 Å². The van der Waals surface area contributed by atoms with Crippen molar-refractivity contribution in [3.05, 3.63) is 59.8 Å². The highest BCUT2D eigenvalue weighted by molar-refractivity contribution is 7.92. The molecule has 2 aromatic rings. The van der Waals surface area contributed by atoms with E-state index in [1.54, 1.807) is 17.0 Å². The van der Waals surface area contributed by atoms with Gasteiger partial charge < -0.3 is 4.90 Å². The molecule has 0 bridgehead atoms. The Morgan fingerprint density at radius 1 is 1.19 bits per heavy atom. The van der Waals surface area contributed by atoms with E-state index in [9.17, 15) is 13.2 Å². The second kappa shape index (κ2) is 6.31. The summed E-state index contributed by atoms with van der Waals surface area (Å²) in [6.45, 7) is 2.43. The van der Waals surface area contributed by atoms with E-state index in [4.69, 9.17) is 0 Å². The standard InChI is InChI=1S/C19H18N4O3S/c1-3-23-17-10-12(13-6-4-5-7-16(13)22-27(2,25)26)8-9-14(17)18-15(19(23)24)11-20-21-18/h4-11,18,22H,3H2,1-2H3. The minimum Gasteiger partial charge on any atom is -0.308 e. The number of amides is 1. The first-order chi connectivity index (χ1) is 12.9. The lowest BCUT2D eigenvalue weighted by molar-refractivity contribution is -0.115. The van der Waals surface area contributed by atoms with E-state index >= 15 is 0 Å². The number of azo groups is 1. The van der Waals surface area contributed by atoms with E-state index in [0.29, 0.717) is 17.8 Å².